The molecule has 1 aromatic rings. The smallest absolute Gasteiger partial charge is 0.256 e. The molecule has 88 valence electrons. The van der Waals surface area contributed by atoms with Crippen molar-refractivity contribution in [3.8, 4) is 6.07 Å². The Morgan fingerprint density at radius 1 is 1.59 bits per heavy atom. The van der Waals surface area contributed by atoms with Crippen LogP contribution in [0.3, 0.4) is 0 Å². The summed E-state index contributed by atoms with van der Waals surface area (Å²) in [6, 6.07) is 8.89. The summed E-state index contributed by atoms with van der Waals surface area (Å²) >= 11 is 0. The zero-order chi connectivity index (χ0) is 12.3. The molecule has 1 aliphatic heterocycles. The van der Waals surface area contributed by atoms with E-state index in [0.717, 1.165) is 12.8 Å². The fourth-order valence-corrected chi connectivity index (χ4v) is 1.89. The number of ether oxygens (including phenoxy) is 1. The average molecular weight is 230 g/mol. The van der Waals surface area contributed by atoms with Gasteiger partial charge < -0.3 is 10.1 Å². The van der Waals surface area contributed by atoms with Crippen molar-refractivity contribution >= 4 is 11.6 Å². The molecule has 1 aliphatic rings. The van der Waals surface area contributed by atoms with Gasteiger partial charge in [0.25, 0.3) is 5.91 Å². The molecule has 0 saturated carbocycles. The highest BCUT2D eigenvalue weighted by molar-refractivity contribution is 5.97. The number of nitrogens with one attached hydrogen (secondary N) is 1. The Bertz CT molecular complexity index is 471. The van der Waals surface area contributed by atoms with Crippen molar-refractivity contribution in [3.05, 3.63) is 29.8 Å². The molecule has 1 heterocycles. The van der Waals surface area contributed by atoms with Crippen LogP contribution in [0.15, 0.2) is 24.3 Å². The zero-order valence-corrected chi connectivity index (χ0v) is 9.69. The van der Waals surface area contributed by atoms with Crippen LogP contribution in [0.2, 0.25) is 0 Å². The van der Waals surface area contributed by atoms with Crippen LogP contribution in [0.4, 0.5) is 5.69 Å². The second kappa shape index (κ2) is 4.56. The van der Waals surface area contributed by atoms with Crippen LogP contribution in [0.1, 0.15) is 25.3 Å². The average Bonchev–Trinajstić information content (AvgIpc) is 2.78. The fraction of sp³-hybridized carbons (Fsp3) is 0.385. The molecular formula is C13H14N2O2. The van der Waals surface area contributed by atoms with Gasteiger partial charge in [-0.1, -0.05) is 6.07 Å². The molecule has 0 bridgehead atoms. The molecule has 0 radical (unpaired) electrons. The van der Waals surface area contributed by atoms with Gasteiger partial charge in [0, 0.05) is 12.3 Å². The Morgan fingerprint density at radius 3 is 3.06 bits per heavy atom. The number of amides is 1. The fourth-order valence-electron chi connectivity index (χ4n) is 1.89. The highest BCUT2D eigenvalue weighted by Crippen LogP contribution is 2.26. The molecular weight excluding hydrogens is 216 g/mol. The maximum Gasteiger partial charge on any atom is 0.256 e. The van der Waals surface area contributed by atoms with E-state index in [1.165, 1.54) is 0 Å². The molecule has 4 nitrogen and oxygen atoms in total. The van der Waals surface area contributed by atoms with Gasteiger partial charge in [-0.15, -0.1) is 0 Å². The first kappa shape index (κ1) is 11.6. The largest absolute Gasteiger partial charge is 0.365 e. The highest BCUT2D eigenvalue weighted by Gasteiger charge is 2.37. The second-order valence-corrected chi connectivity index (χ2v) is 4.33. The van der Waals surface area contributed by atoms with Crippen molar-refractivity contribution < 1.29 is 9.53 Å². The van der Waals surface area contributed by atoms with Crippen LogP contribution in [0.25, 0.3) is 0 Å². The number of carbonyl (C=O) groups excluding carboxylic acids is 1. The molecule has 17 heavy (non-hydrogen) atoms. The van der Waals surface area contributed by atoms with Gasteiger partial charge in [0.05, 0.1) is 11.6 Å². The van der Waals surface area contributed by atoms with Crippen molar-refractivity contribution in [1.82, 2.24) is 0 Å². The van der Waals surface area contributed by atoms with Gasteiger partial charge in [0.1, 0.15) is 5.60 Å². The minimum atomic E-state index is -0.733. The molecule has 0 aliphatic carbocycles. The molecule has 2 rings (SSSR count). The molecule has 0 aromatic heterocycles. The van der Waals surface area contributed by atoms with Gasteiger partial charge in [-0.05, 0) is 38.0 Å². The first-order valence-electron chi connectivity index (χ1n) is 5.60. The Labute approximate surface area is 100 Å². The standard InChI is InChI=1S/C13H14N2O2/c1-13(6-3-7-17-13)12(16)15-11-5-2-4-10(8-11)9-14/h2,4-5,8H,3,6-7H2,1H3,(H,15,16). The van der Waals surface area contributed by atoms with Gasteiger partial charge in [-0.2, -0.15) is 5.26 Å². The Morgan fingerprint density at radius 2 is 2.41 bits per heavy atom. The molecule has 1 N–H and O–H groups in total. The predicted molar refractivity (Wildman–Crippen MR) is 63.4 cm³/mol. The van der Waals surface area contributed by atoms with Crippen LogP contribution in [-0.2, 0) is 9.53 Å². The summed E-state index contributed by atoms with van der Waals surface area (Å²) in [6.45, 7) is 2.42. The lowest BCUT2D eigenvalue weighted by Crippen LogP contribution is -2.39. The second-order valence-electron chi connectivity index (χ2n) is 4.33. The van der Waals surface area contributed by atoms with Gasteiger partial charge >= 0.3 is 0 Å². The first-order valence-corrected chi connectivity index (χ1v) is 5.60. The van der Waals surface area contributed by atoms with Crippen molar-refractivity contribution in [2.45, 2.75) is 25.4 Å². The van der Waals surface area contributed by atoms with E-state index in [2.05, 4.69) is 5.32 Å². The van der Waals surface area contributed by atoms with Crippen LogP contribution < -0.4 is 5.32 Å². The summed E-state index contributed by atoms with van der Waals surface area (Å²) in [4.78, 5) is 12.0. The Kier molecular flexibility index (Phi) is 3.12. The van der Waals surface area contributed by atoms with Crippen LogP contribution in [-0.4, -0.2) is 18.1 Å². The van der Waals surface area contributed by atoms with E-state index in [4.69, 9.17) is 10.00 Å². The Balaban J connectivity index is 2.10. The SMILES string of the molecule is CC1(C(=O)Nc2cccc(C#N)c2)CCCO1. The molecule has 1 atom stereocenters. The summed E-state index contributed by atoms with van der Waals surface area (Å²) in [5, 5.41) is 11.6. The van der Waals surface area contributed by atoms with E-state index in [1.807, 2.05) is 6.07 Å². The summed E-state index contributed by atoms with van der Waals surface area (Å²) in [6.07, 6.45) is 1.64. The third kappa shape index (κ3) is 2.45. The van der Waals surface area contributed by atoms with Crippen molar-refractivity contribution in [2.24, 2.45) is 0 Å². The van der Waals surface area contributed by atoms with Crippen LogP contribution in [0, 0.1) is 11.3 Å². The maximum atomic E-state index is 12.0. The van der Waals surface area contributed by atoms with Gasteiger partial charge in [0.2, 0.25) is 0 Å². The number of nitriles is 1. The third-order valence-electron chi connectivity index (χ3n) is 2.95. The van der Waals surface area contributed by atoms with Gasteiger partial charge in [-0.25, -0.2) is 0 Å². The van der Waals surface area contributed by atoms with Crippen molar-refractivity contribution in [1.29, 1.82) is 5.26 Å². The summed E-state index contributed by atoms with van der Waals surface area (Å²) in [5.41, 5.74) is 0.425. The third-order valence-corrected chi connectivity index (χ3v) is 2.95. The topological polar surface area (TPSA) is 62.1 Å². The number of nitrogens with zero attached hydrogens (tertiary/aromatic N) is 1. The van der Waals surface area contributed by atoms with Crippen LogP contribution >= 0.6 is 0 Å². The lowest BCUT2D eigenvalue weighted by Gasteiger charge is -2.21. The minimum Gasteiger partial charge on any atom is -0.365 e. The molecule has 1 amide bonds. The zero-order valence-electron chi connectivity index (χ0n) is 9.69. The summed E-state index contributed by atoms with van der Waals surface area (Å²) in [5.74, 6) is -0.148. The van der Waals surface area contributed by atoms with E-state index in [-0.39, 0.29) is 5.91 Å². The predicted octanol–water partition coefficient (Wildman–Crippen LogP) is 2.07. The lowest BCUT2D eigenvalue weighted by molar-refractivity contribution is -0.133. The monoisotopic (exact) mass is 230 g/mol. The molecule has 4 heteroatoms. The molecule has 1 saturated heterocycles. The van der Waals surface area contributed by atoms with Crippen molar-refractivity contribution in [2.75, 3.05) is 11.9 Å². The maximum absolute atomic E-state index is 12.0. The number of hydrogen-bond acceptors (Lipinski definition) is 3. The Hall–Kier alpha value is -1.86. The van der Waals surface area contributed by atoms with E-state index in [0.29, 0.717) is 17.9 Å². The van der Waals surface area contributed by atoms with Crippen molar-refractivity contribution in [3.63, 3.8) is 0 Å². The number of rotatable bonds is 2. The normalized spacial score (nSPS) is 23.1. The molecule has 0 spiro atoms. The van der Waals surface area contributed by atoms with E-state index in [1.54, 1.807) is 31.2 Å². The molecule has 1 fully saturated rings. The molecule has 1 aromatic carbocycles. The first-order chi connectivity index (χ1) is 8.14. The van der Waals surface area contributed by atoms with E-state index < -0.39 is 5.60 Å². The quantitative estimate of drug-likeness (QED) is 0.845. The van der Waals surface area contributed by atoms with E-state index in [9.17, 15) is 4.79 Å². The number of hydrogen-bond donors (Lipinski definition) is 1. The molecule has 1 unspecified atom stereocenters. The number of carbonyl (C=O) groups is 1. The number of benzene rings is 1. The lowest BCUT2D eigenvalue weighted by atomic mass is 10.0. The highest BCUT2D eigenvalue weighted by atomic mass is 16.5. The van der Waals surface area contributed by atoms with Gasteiger partial charge in [-0.3, -0.25) is 4.79 Å². The number of anilines is 1. The minimum absolute atomic E-state index is 0.148. The summed E-state index contributed by atoms with van der Waals surface area (Å²) in [7, 11) is 0. The van der Waals surface area contributed by atoms with Gasteiger partial charge in [0.15, 0.2) is 0 Å². The van der Waals surface area contributed by atoms with E-state index >= 15 is 0 Å². The summed E-state index contributed by atoms with van der Waals surface area (Å²) < 4.78 is 5.45. The van der Waals surface area contributed by atoms with Crippen LogP contribution in [0.5, 0.6) is 0 Å².